The number of sulfonamides is 1. The van der Waals surface area contributed by atoms with E-state index in [4.69, 9.17) is 16.1 Å². The second kappa shape index (κ2) is 7.27. The molecule has 1 aromatic heterocycles. The molecule has 1 fully saturated rings. The second-order valence-electron chi connectivity index (χ2n) is 6.65. The van der Waals surface area contributed by atoms with Gasteiger partial charge in [0.15, 0.2) is 0 Å². The number of aryl methyl sites for hydroxylation is 1. The van der Waals surface area contributed by atoms with Gasteiger partial charge in [-0.1, -0.05) is 28.9 Å². The molecule has 6 nitrogen and oxygen atoms in total. The summed E-state index contributed by atoms with van der Waals surface area (Å²) >= 11 is 6.00. The topological polar surface area (TPSA) is 76.3 Å². The summed E-state index contributed by atoms with van der Waals surface area (Å²) in [4.78, 5) is 4.44. The fourth-order valence-corrected chi connectivity index (χ4v) is 5.23. The maximum Gasteiger partial charge on any atom is 0.245 e. The monoisotopic (exact) mass is 421 g/mol. The summed E-state index contributed by atoms with van der Waals surface area (Å²) in [7, 11) is -3.82. The molecule has 1 saturated heterocycles. The lowest BCUT2D eigenvalue weighted by atomic mass is 10.2. The van der Waals surface area contributed by atoms with E-state index in [2.05, 4.69) is 10.1 Å². The maximum absolute atomic E-state index is 13.5. The number of hydrogen-bond donors (Lipinski definition) is 0. The molecule has 1 unspecified atom stereocenters. The fourth-order valence-electron chi connectivity index (χ4n) is 3.30. The Labute approximate surface area is 167 Å². The number of nitrogens with zero attached hydrogens (tertiary/aromatic N) is 3. The highest BCUT2D eigenvalue weighted by atomic mass is 35.5. The Morgan fingerprint density at radius 1 is 1.25 bits per heavy atom. The zero-order chi connectivity index (χ0) is 19.9. The molecule has 2 heterocycles. The van der Waals surface area contributed by atoms with Crippen LogP contribution in [0.2, 0.25) is 5.02 Å². The average molecular weight is 422 g/mol. The van der Waals surface area contributed by atoms with Gasteiger partial charge in [-0.15, -0.1) is 0 Å². The highest BCUT2D eigenvalue weighted by molar-refractivity contribution is 7.89. The van der Waals surface area contributed by atoms with Gasteiger partial charge in [0.05, 0.1) is 4.90 Å². The van der Waals surface area contributed by atoms with E-state index in [0.717, 1.165) is 6.07 Å². The number of benzene rings is 2. The zero-order valence-corrected chi connectivity index (χ0v) is 16.5. The first kappa shape index (κ1) is 19.0. The van der Waals surface area contributed by atoms with E-state index in [0.29, 0.717) is 35.8 Å². The van der Waals surface area contributed by atoms with Gasteiger partial charge in [0.2, 0.25) is 21.7 Å². The third-order valence-corrected chi connectivity index (χ3v) is 6.89. The molecule has 0 spiro atoms. The van der Waals surface area contributed by atoms with Crippen LogP contribution < -0.4 is 0 Å². The summed E-state index contributed by atoms with van der Waals surface area (Å²) in [5, 5.41) is 4.51. The number of rotatable bonds is 4. The minimum atomic E-state index is -3.82. The summed E-state index contributed by atoms with van der Waals surface area (Å²) in [6.07, 6.45) is 1.23. The molecular weight excluding hydrogens is 405 g/mol. The van der Waals surface area contributed by atoms with E-state index in [1.54, 1.807) is 24.3 Å². The molecular formula is C19H17ClFN3O3S. The van der Waals surface area contributed by atoms with E-state index < -0.39 is 21.9 Å². The first-order valence-corrected chi connectivity index (χ1v) is 10.6. The number of aromatic nitrogens is 2. The van der Waals surface area contributed by atoms with Crippen LogP contribution in [0.15, 0.2) is 51.9 Å². The van der Waals surface area contributed by atoms with Crippen LogP contribution in [0.25, 0.3) is 11.4 Å². The molecule has 0 radical (unpaired) electrons. The van der Waals surface area contributed by atoms with Crippen molar-refractivity contribution in [3.8, 4) is 11.4 Å². The van der Waals surface area contributed by atoms with Gasteiger partial charge in [0, 0.05) is 17.1 Å². The third-order valence-electron chi connectivity index (χ3n) is 4.75. The van der Waals surface area contributed by atoms with Gasteiger partial charge in [-0.25, -0.2) is 12.8 Å². The van der Waals surface area contributed by atoms with Crippen molar-refractivity contribution in [2.75, 3.05) is 6.54 Å². The highest BCUT2D eigenvalue weighted by Gasteiger charge is 2.39. The molecule has 1 aliphatic heterocycles. The molecule has 0 amide bonds. The van der Waals surface area contributed by atoms with Crippen LogP contribution in [-0.4, -0.2) is 29.4 Å². The van der Waals surface area contributed by atoms with Crippen molar-refractivity contribution in [1.82, 2.24) is 14.4 Å². The highest BCUT2D eigenvalue weighted by Crippen LogP contribution is 2.36. The van der Waals surface area contributed by atoms with Crippen molar-refractivity contribution in [2.45, 2.75) is 30.7 Å². The predicted molar refractivity (Wildman–Crippen MR) is 102 cm³/mol. The lowest BCUT2D eigenvalue weighted by molar-refractivity contribution is 0.290. The van der Waals surface area contributed by atoms with Gasteiger partial charge in [-0.2, -0.15) is 9.29 Å². The molecule has 28 heavy (non-hydrogen) atoms. The summed E-state index contributed by atoms with van der Waals surface area (Å²) in [6, 6.07) is 10.2. The van der Waals surface area contributed by atoms with Crippen molar-refractivity contribution in [1.29, 1.82) is 0 Å². The first-order chi connectivity index (χ1) is 13.4. The molecule has 0 N–H and O–H groups in total. The van der Waals surface area contributed by atoms with Gasteiger partial charge in [0.1, 0.15) is 11.9 Å². The lowest BCUT2D eigenvalue weighted by Crippen LogP contribution is -2.31. The molecule has 1 aliphatic rings. The standard InChI is InChI=1S/C19H17ClFN3O3S/c1-12-10-15(7-8-16(12)21)28(25,26)24-9-3-6-17(24)19-22-18(23-27-19)13-4-2-5-14(20)11-13/h2,4-5,7-8,10-11,17H,3,6,9H2,1H3. The molecule has 146 valence electrons. The van der Waals surface area contributed by atoms with Crippen LogP contribution in [-0.2, 0) is 10.0 Å². The molecule has 9 heteroatoms. The predicted octanol–water partition coefficient (Wildman–Crippen LogP) is 4.36. The maximum atomic E-state index is 13.5. The van der Waals surface area contributed by atoms with Crippen molar-refractivity contribution in [3.05, 3.63) is 64.8 Å². The van der Waals surface area contributed by atoms with Crippen LogP contribution >= 0.6 is 11.6 Å². The normalized spacial score (nSPS) is 17.9. The van der Waals surface area contributed by atoms with E-state index in [-0.39, 0.29) is 16.3 Å². The summed E-state index contributed by atoms with van der Waals surface area (Å²) in [5.74, 6) is 0.134. The summed E-state index contributed by atoms with van der Waals surface area (Å²) in [5.41, 5.74) is 0.960. The van der Waals surface area contributed by atoms with E-state index in [1.165, 1.54) is 23.4 Å². The summed E-state index contributed by atoms with van der Waals surface area (Å²) in [6.45, 7) is 1.86. The Kier molecular flexibility index (Phi) is 4.95. The fraction of sp³-hybridized carbons (Fsp3) is 0.263. The molecule has 0 saturated carbocycles. The van der Waals surface area contributed by atoms with Gasteiger partial charge < -0.3 is 4.52 Å². The minimum Gasteiger partial charge on any atom is -0.337 e. The molecule has 1 atom stereocenters. The first-order valence-electron chi connectivity index (χ1n) is 8.74. The van der Waals surface area contributed by atoms with Gasteiger partial charge >= 0.3 is 0 Å². The Hall–Kier alpha value is -2.29. The Balaban J connectivity index is 1.66. The SMILES string of the molecule is Cc1cc(S(=O)(=O)N2CCCC2c2nc(-c3cccc(Cl)c3)no2)ccc1F. The van der Waals surface area contributed by atoms with Gasteiger partial charge in [-0.05, 0) is 55.7 Å². The van der Waals surface area contributed by atoms with Crippen molar-refractivity contribution in [3.63, 3.8) is 0 Å². The average Bonchev–Trinajstić information content (AvgIpc) is 3.33. The molecule has 4 rings (SSSR count). The van der Waals surface area contributed by atoms with Crippen LogP contribution in [0.1, 0.15) is 30.3 Å². The number of hydrogen-bond acceptors (Lipinski definition) is 5. The van der Waals surface area contributed by atoms with E-state index in [1.807, 2.05) is 0 Å². The smallest absolute Gasteiger partial charge is 0.245 e. The largest absolute Gasteiger partial charge is 0.337 e. The van der Waals surface area contributed by atoms with Crippen molar-refractivity contribution in [2.24, 2.45) is 0 Å². The van der Waals surface area contributed by atoms with E-state index >= 15 is 0 Å². The van der Waals surface area contributed by atoms with Crippen LogP contribution in [0.5, 0.6) is 0 Å². The molecule has 0 bridgehead atoms. The molecule has 2 aromatic carbocycles. The second-order valence-corrected chi connectivity index (χ2v) is 8.98. The Morgan fingerprint density at radius 2 is 2.07 bits per heavy atom. The Bertz CT molecular complexity index is 1130. The van der Waals surface area contributed by atoms with Crippen LogP contribution in [0.4, 0.5) is 4.39 Å². The van der Waals surface area contributed by atoms with E-state index in [9.17, 15) is 12.8 Å². The van der Waals surface area contributed by atoms with Crippen molar-refractivity contribution < 1.29 is 17.3 Å². The lowest BCUT2D eigenvalue weighted by Gasteiger charge is -2.21. The van der Waals surface area contributed by atoms with Crippen LogP contribution in [0.3, 0.4) is 0 Å². The van der Waals surface area contributed by atoms with Crippen molar-refractivity contribution >= 4 is 21.6 Å². The Morgan fingerprint density at radius 3 is 2.82 bits per heavy atom. The van der Waals surface area contributed by atoms with Gasteiger partial charge in [0.25, 0.3) is 0 Å². The third kappa shape index (κ3) is 3.43. The summed E-state index contributed by atoms with van der Waals surface area (Å²) < 4.78 is 46.5. The molecule has 3 aromatic rings. The van der Waals surface area contributed by atoms with Gasteiger partial charge in [-0.3, -0.25) is 0 Å². The molecule has 0 aliphatic carbocycles. The van der Waals surface area contributed by atoms with Crippen LogP contribution in [0, 0.1) is 12.7 Å². The number of halogens is 2. The quantitative estimate of drug-likeness (QED) is 0.625. The zero-order valence-electron chi connectivity index (χ0n) is 15.0. The minimum absolute atomic E-state index is 0.0490.